The molecular weight excluding hydrogens is 240 g/mol. The predicted octanol–water partition coefficient (Wildman–Crippen LogP) is 2.11. The van der Waals surface area contributed by atoms with Gasteiger partial charge >= 0.3 is 0 Å². The van der Waals surface area contributed by atoms with Crippen molar-refractivity contribution in [3.8, 4) is 0 Å². The van der Waals surface area contributed by atoms with Crippen molar-refractivity contribution in [1.82, 2.24) is 10.2 Å². The quantitative estimate of drug-likeness (QED) is 0.792. The van der Waals surface area contributed by atoms with Gasteiger partial charge in [0.2, 0.25) is 11.8 Å². The van der Waals surface area contributed by atoms with E-state index in [4.69, 9.17) is 0 Å². The lowest BCUT2D eigenvalue weighted by Gasteiger charge is -2.33. The molecule has 1 rings (SSSR count). The van der Waals surface area contributed by atoms with Crippen LogP contribution in [0.2, 0.25) is 0 Å². The van der Waals surface area contributed by atoms with E-state index >= 15 is 0 Å². The Kier molecular flexibility index (Phi) is 6.06. The number of rotatable bonds is 4. The van der Waals surface area contributed by atoms with Crippen molar-refractivity contribution < 1.29 is 9.59 Å². The fourth-order valence-corrected chi connectivity index (χ4v) is 2.24. The number of hydrogen-bond acceptors (Lipinski definition) is 2. The third-order valence-corrected chi connectivity index (χ3v) is 3.50. The Morgan fingerprint density at radius 2 is 1.89 bits per heavy atom. The van der Waals surface area contributed by atoms with E-state index in [9.17, 15) is 9.59 Å². The minimum absolute atomic E-state index is 0.0226. The van der Waals surface area contributed by atoms with Crippen LogP contribution in [-0.4, -0.2) is 35.8 Å². The average Bonchev–Trinajstić information content (AvgIpc) is 2.39. The number of hydrogen-bond donors (Lipinski definition) is 1. The van der Waals surface area contributed by atoms with Gasteiger partial charge in [0.25, 0.3) is 0 Å². The maximum atomic E-state index is 12.1. The van der Waals surface area contributed by atoms with Crippen molar-refractivity contribution in [3.05, 3.63) is 11.6 Å². The fraction of sp³-hybridized carbons (Fsp3) is 0.733. The van der Waals surface area contributed by atoms with Gasteiger partial charge in [0.1, 0.15) is 0 Å². The van der Waals surface area contributed by atoms with E-state index in [-0.39, 0.29) is 23.8 Å². The molecule has 19 heavy (non-hydrogen) atoms. The Bertz CT molecular complexity index is 353. The highest BCUT2D eigenvalue weighted by molar-refractivity contribution is 5.92. The van der Waals surface area contributed by atoms with E-state index in [1.54, 1.807) is 0 Å². The van der Waals surface area contributed by atoms with Gasteiger partial charge in [-0.3, -0.25) is 9.59 Å². The molecule has 0 spiro atoms. The summed E-state index contributed by atoms with van der Waals surface area (Å²) in [6, 6.07) is 0.217. The molecule has 0 bridgehead atoms. The number of carbonyl (C=O) groups is 2. The predicted molar refractivity (Wildman–Crippen MR) is 76.6 cm³/mol. The molecule has 0 aromatic rings. The molecule has 1 N–H and O–H groups in total. The third-order valence-electron chi connectivity index (χ3n) is 3.50. The topological polar surface area (TPSA) is 49.4 Å². The zero-order valence-corrected chi connectivity index (χ0v) is 12.5. The molecule has 0 saturated carbocycles. The van der Waals surface area contributed by atoms with Crippen LogP contribution in [-0.2, 0) is 9.59 Å². The van der Waals surface area contributed by atoms with Crippen LogP contribution < -0.4 is 5.32 Å². The van der Waals surface area contributed by atoms with Crippen LogP contribution in [0, 0.1) is 5.92 Å². The smallest absolute Gasteiger partial charge is 0.249 e. The van der Waals surface area contributed by atoms with Crippen LogP contribution in [0.1, 0.15) is 47.0 Å². The summed E-state index contributed by atoms with van der Waals surface area (Å²) in [6.45, 7) is 9.16. The van der Waals surface area contributed by atoms with E-state index in [1.807, 2.05) is 38.7 Å². The van der Waals surface area contributed by atoms with Gasteiger partial charge in [0.05, 0.1) is 0 Å². The minimum Gasteiger partial charge on any atom is -0.353 e. The number of nitrogens with one attached hydrogen (secondary N) is 1. The number of piperidine rings is 1. The Morgan fingerprint density at radius 1 is 1.32 bits per heavy atom. The number of carbonyl (C=O) groups excluding carboxylic acids is 2. The first-order valence-corrected chi connectivity index (χ1v) is 7.22. The summed E-state index contributed by atoms with van der Waals surface area (Å²) in [5, 5.41) is 3.04. The molecule has 0 aromatic heterocycles. The van der Waals surface area contributed by atoms with Crippen molar-refractivity contribution >= 4 is 11.8 Å². The maximum Gasteiger partial charge on any atom is 0.249 e. The molecule has 1 saturated heterocycles. The third kappa shape index (κ3) is 4.69. The van der Waals surface area contributed by atoms with E-state index in [0.29, 0.717) is 0 Å². The van der Waals surface area contributed by atoms with Gasteiger partial charge in [0, 0.05) is 30.6 Å². The largest absolute Gasteiger partial charge is 0.353 e. The number of likely N-dealkylation sites (tertiary alicyclic amines) is 1. The van der Waals surface area contributed by atoms with E-state index < -0.39 is 0 Å². The summed E-state index contributed by atoms with van der Waals surface area (Å²) >= 11 is 0. The summed E-state index contributed by atoms with van der Waals surface area (Å²) in [5.74, 6) is 0.261. The van der Waals surface area contributed by atoms with Gasteiger partial charge in [-0.25, -0.2) is 0 Å². The Morgan fingerprint density at radius 3 is 2.37 bits per heavy atom. The van der Waals surface area contributed by atoms with E-state index in [1.165, 1.54) is 0 Å². The second-order valence-corrected chi connectivity index (χ2v) is 5.53. The highest BCUT2D eigenvalue weighted by Crippen LogP contribution is 2.14. The fourth-order valence-electron chi connectivity index (χ4n) is 2.24. The molecule has 1 heterocycles. The normalized spacial score (nSPS) is 17.7. The van der Waals surface area contributed by atoms with Crippen LogP contribution in [0.5, 0.6) is 0 Å². The van der Waals surface area contributed by atoms with Crippen LogP contribution in [0.25, 0.3) is 0 Å². The van der Waals surface area contributed by atoms with Crippen LogP contribution in [0.15, 0.2) is 11.6 Å². The van der Waals surface area contributed by atoms with Crippen LogP contribution in [0.3, 0.4) is 0 Å². The molecular formula is C15H26N2O2. The molecule has 2 amide bonds. The minimum atomic E-state index is 0.0226. The zero-order valence-electron chi connectivity index (χ0n) is 12.5. The monoisotopic (exact) mass is 266 g/mol. The van der Waals surface area contributed by atoms with Gasteiger partial charge in [-0.2, -0.15) is 0 Å². The molecule has 0 aliphatic carbocycles. The molecule has 4 nitrogen and oxygen atoms in total. The molecule has 1 aliphatic rings. The number of allylic oxidation sites excluding steroid dienone is 1. The highest BCUT2D eigenvalue weighted by atomic mass is 16.2. The van der Waals surface area contributed by atoms with E-state index in [0.717, 1.165) is 37.9 Å². The Labute approximate surface area is 116 Å². The lowest BCUT2D eigenvalue weighted by atomic mass is 10.0. The van der Waals surface area contributed by atoms with Crippen LogP contribution >= 0.6 is 0 Å². The van der Waals surface area contributed by atoms with Crippen LogP contribution in [0.4, 0.5) is 0 Å². The molecule has 0 radical (unpaired) electrons. The summed E-state index contributed by atoms with van der Waals surface area (Å²) in [5.41, 5.74) is 0.826. The van der Waals surface area contributed by atoms with Crippen molar-refractivity contribution in [3.63, 3.8) is 0 Å². The van der Waals surface area contributed by atoms with E-state index in [2.05, 4.69) is 5.32 Å². The Balaban J connectivity index is 2.43. The van der Waals surface area contributed by atoms with Crippen molar-refractivity contribution in [2.45, 2.75) is 53.0 Å². The lowest BCUT2D eigenvalue weighted by Crippen LogP contribution is -2.47. The molecule has 108 valence electrons. The maximum absolute atomic E-state index is 12.1. The van der Waals surface area contributed by atoms with Gasteiger partial charge in [-0.1, -0.05) is 26.8 Å². The van der Waals surface area contributed by atoms with Crippen molar-refractivity contribution in [2.75, 3.05) is 13.1 Å². The molecule has 0 unspecified atom stereocenters. The summed E-state index contributed by atoms with van der Waals surface area (Å²) < 4.78 is 0. The molecule has 1 fully saturated rings. The first kappa shape index (κ1) is 15.7. The SMILES string of the molecule is CC/C=C(\C)C(=O)N1CCC(NC(=O)C(C)C)CC1. The second-order valence-electron chi connectivity index (χ2n) is 5.53. The lowest BCUT2D eigenvalue weighted by molar-refractivity contribution is -0.128. The van der Waals surface area contributed by atoms with Gasteiger partial charge < -0.3 is 10.2 Å². The highest BCUT2D eigenvalue weighted by Gasteiger charge is 2.24. The van der Waals surface area contributed by atoms with Crippen molar-refractivity contribution in [1.29, 1.82) is 0 Å². The van der Waals surface area contributed by atoms with Gasteiger partial charge in [0.15, 0.2) is 0 Å². The molecule has 4 heteroatoms. The number of amides is 2. The molecule has 0 atom stereocenters. The second kappa shape index (κ2) is 7.31. The summed E-state index contributed by atoms with van der Waals surface area (Å²) in [6.07, 6.45) is 4.56. The molecule has 1 aliphatic heterocycles. The molecule has 0 aromatic carbocycles. The Hall–Kier alpha value is -1.32. The first-order chi connectivity index (χ1) is 8.95. The van der Waals surface area contributed by atoms with Gasteiger partial charge in [-0.05, 0) is 26.2 Å². The zero-order chi connectivity index (χ0) is 14.4. The number of nitrogens with zero attached hydrogens (tertiary/aromatic N) is 1. The standard InChI is InChI=1S/C15H26N2O2/c1-5-6-12(4)15(19)17-9-7-13(8-10-17)16-14(18)11(2)3/h6,11,13H,5,7-10H2,1-4H3,(H,16,18)/b12-6+. The first-order valence-electron chi connectivity index (χ1n) is 7.22. The summed E-state index contributed by atoms with van der Waals surface area (Å²) in [7, 11) is 0. The average molecular weight is 266 g/mol. The summed E-state index contributed by atoms with van der Waals surface area (Å²) in [4.78, 5) is 25.6. The van der Waals surface area contributed by atoms with Crippen molar-refractivity contribution in [2.24, 2.45) is 5.92 Å². The van der Waals surface area contributed by atoms with Gasteiger partial charge in [-0.15, -0.1) is 0 Å².